The molecular formula is C17H23F3IN5OS. The number of alkyl halides is 3. The molecule has 0 radical (unpaired) electrons. The van der Waals surface area contributed by atoms with Gasteiger partial charge in [0.25, 0.3) is 0 Å². The van der Waals surface area contributed by atoms with Crippen molar-refractivity contribution in [2.24, 2.45) is 4.99 Å². The van der Waals surface area contributed by atoms with Crippen LogP contribution < -0.4 is 15.4 Å². The van der Waals surface area contributed by atoms with Gasteiger partial charge in [-0.25, -0.2) is 9.97 Å². The highest BCUT2D eigenvalue weighted by atomic mass is 127. The number of nitrogens with zero attached hydrogens (tertiary/aromatic N) is 3. The van der Waals surface area contributed by atoms with Gasteiger partial charge in [-0.1, -0.05) is 0 Å². The molecule has 0 saturated carbocycles. The summed E-state index contributed by atoms with van der Waals surface area (Å²) in [5.74, 6) is 0.792. The Morgan fingerprint density at radius 3 is 2.57 bits per heavy atom. The Morgan fingerprint density at radius 1 is 1.21 bits per heavy atom. The van der Waals surface area contributed by atoms with Crippen LogP contribution in [0.15, 0.2) is 29.5 Å². The van der Waals surface area contributed by atoms with Crippen LogP contribution in [-0.2, 0) is 12.6 Å². The molecule has 0 saturated heterocycles. The first-order valence-electron chi connectivity index (χ1n) is 8.48. The maximum Gasteiger partial charge on any atom is 0.417 e. The number of hydrogen-bond acceptors (Lipinski definition) is 5. The fourth-order valence-corrected chi connectivity index (χ4v) is 2.86. The number of aromatic nitrogens is 2. The van der Waals surface area contributed by atoms with E-state index in [0.717, 1.165) is 23.7 Å². The second-order valence-corrected chi connectivity index (χ2v) is 6.85. The van der Waals surface area contributed by atoms with Gasteiger partial charge in [0.2, 0.25) is 5.88 Å². The van der Waals surface area contributed by atoms with E-state index in [9.17, 15) is 13.2 Å². The summed E-state index contributed by atoms with van der Waals surface area (Å²) in [5.41, 5.74) is -0.801. The van der Waals surface area contributed by atoms with E-state index in [0.29, 0.717) is 25.6 Å². The Labute approximate surface area is 183 Å². The summed E-state index contributed by atoms with van der Waals surface area (Å²) in [4.78, 5) is 13.6. The number of aliphatic imine (C=N–C) groups is 1. The van der Waals surface area contributed by atoms with E-state index in [1.165, 1.54) is 10.9 Å². The van der Waals surface area contributed by atoms with Gasteiger partial charge >= 0.3 is 6.18 Å². The lowest BCUT2D eigenvalue weighted by Crippen LogP contribution is -2.39. The van der Waals surface area contributed by atoms with Gasteiger partial charge in [0, 0.05) is 42.8 Å². The summed E-state index contributed by atoms with van der Waals surface area (Å²) < 4.78 is 42.8. The van der Waals surface area contributed by atoms with E-state index < -0.39 is 11.7 Å². The van der Waals surface area contributed by atoms with E-state index in [2.05, 4.69) is 25.6 Å². The maximum absolute atomic E-state index is 12.5. The van der Waals surface area contributed by atoms with Crippen molar-refractivity contribution in [1.29, 1.82) is 0 Å². The lowest BCUT2D eigenvalue weighted by molar-refractivity contribution is -0.137. The first kappa shape index (κ1) is 24.4. The molecule has 0 bridgehead atoms. The second-order valence-electron chi connectivity index (χ2n) is 5.53. The summed E-state index contributed by atoms with van der Waals surface area (Å²) in [6, 6.07) is 2.15. The Bertz CT molecular complexity index is 737. The smallest absolute Gasteiger partial charge is 0.417 e. The molecule has 0 aliphatic rings. The van der Waals surface area contributed by atoms with E-state index in [1.54, 1.807) is 11.3 Å². The van der Waals surface area contributed by atoms with Crippen LogP contribution in [0.1, 0.15) is 22.4 Å². The van der Waals surface area contributed by atoms with Crippen LogP contribution in [0.5, 0.6) is 5.88 Å². The van der Waals surface area contributed by atoms with Crippen LogP contribution in [-0.4, -0.2) is 42.2 Å². The van der Waals surface area contributed by atoms with Crippen molar-refractivity contribution >= 4 is 41.3 Å². The monoisotopic (exact) mass is 529 g/mol. The molecule has 156 valence electrons. The van der Waals surface area contributed by atoms with Crippen molar-refractivity contribution in [3.8, 4) is 5.88 Å². The third-order valence-corrected chi connectivity index (χ3v) is 4.29. The Morgan fingerprint density at radius 2 is 2.00 bits per heavy atom. The summed E-state index contributed by atoms with van der Waals surface area (Å²) in [6.07, 6.45) is -1.03. The van der Waals surface area contributed by atoms with Crippen LogP contribution in [0.3, 0.4) is 0 Å². The summed E-state index contributed by atoms with van der Waals surface area (Å²) in [7, 11) is 0. The molecule has 11 heteroatoms. The zero-order chi connectivity index (χ0) is 19.7. The number of pyridine rings is 1. The Balaban J connectivity index is 0.00000392. The predicted octanol–water partition coefficient (Wildman–Crippen LogP) is 3.66. The molecule has 0 aliphatic heterocycles. The Kier molecular flexibility index (Phi) is 10.5. The second kappa shape index (κ2) is 12.0. The molecule has 2 rings (SSSR count). The highest BCUT2D eigenvalue weighted by Crippen LogP contribution is 2.29. The molecule has 0 fully saturated rings. The van der Waals surface area contributed by atoms with Gasteiger partial charge in [0.1, 0.15) is 6.61 Å². The average molecular weight is 529 g/mol. The number of hydrogen-bond donors (Lipinski definition) is 2. The molecule has 0 spiro atoms. The molecule has 2 heterocycles. The standard InChI is InChI=1S/C17H22F3N5OS.HI/c1-3-21-16(22-7-6-15-25-10-12(2)27-15)23-8-9-26-14-5-4-13(11-24-14)17(18,19)20;/h4-5,10-11H,3,6-9H2,1-2H3,(H2,21,22,23);1H. The van der Waals surface area contributed by atoms with Crippen LogP contribution >= 0.6 is 35.3 Å². The van der Waals surface area contributed by atoms with Crippen LogP contribution in [0, 0.1) is 6.92 Å². The highest BCUT2D eigenvalue weighted by molar-refractivity contribution is 14.0. The normalized spacial score (nSPS) is 11.7. The molecule has 6 nitrogen and oxygen atoms in total. The highest BCUT2D eigenvalue weighted by Gasteiger charge is 2.30. The van der Waals surface area contributed by atoms with Gasteiger partial charge in [-0.2, -0.15) is 13.2 Å². The molecule has 0 aromatic carbocycles. The largest absolute Gasteiger partial charge is 0.476 e. The SMILES string of the molecule is CCNC(=NCCc1ncc(C)s1)NCCOc1ccc(C(F)(F)F)cn1.I. The number of guanidine groups is 1. The lowest BCUT2D eigenvalue weighted by atomic mass is 10.3. The zero-order valence-electron chi connectivity index (χ0n) is 15.5. The molecule has 2 N–H and O–H groups in total. The van der Waals surface area contributed by atoms with Gasteiger partial charge in [-0.3, -0.25) is 4.99 Å². The minimum Gasteiger partial charge on any atom is -0.476 e. The summed E-state index contributed by atoms with van der Waals surface area (Å²) >= 11 is 1.66. The van der Waals surface area contributed by atoms with Gasteiger partial charge < -0.3 is 15.4 Å². The van der Waals surface area contributed by atoms with Gasteiger partial charge in [-0.05, 0) is 19.9 Å². The lowest BCUT2D eigenvalue weighted by Gasteiger charge is -2.12. The summed E-state index contributed by atoms with van der Waals surface area (Å²) in [5, 5.41) is 7.27. The van der Waals surface area contributed by atoms with Crippen molar-refractivity contribution in [2.45, 2.75) is 26.4 Å². The predicted molar refractivity (Wildman–Crippen MR) is 115 cm³/mol. The zero-order valence-corrected chi connectivity index (χ0v) is 18.7. The number of thiazole rings is 1. The first-order chi connectivity index (χ1) is 12.9. The number of nitrogens with one attached hydrogen (secondary N) is 2. The number of halogens is 4. The van der Waals surface area contributed by atoms with E-state index >= 15 is 0 Å². The Hall–Kier alpha value is -1.63. The van der Waals surface area contributed by atoms with Crippen molar-refractivity contribution in [3.05, 3.63) is 40.0 Å². The van der Waals surface area contributed by atoms with Crippen LogP contribution in [0.2, 0.25) is 0 Å². The minimum atomic E-state index is -4.40. The molecular weight excluding hydrogens is 506 g/mol. The third kappa shape index (κ3) is 8.59. The topological polar surface area (TPSA) is 71.4 Å². The minimum absolute atomic E-state index is 0. The molecule has 2 aromatic rings. The van der Waals surface area contributed by atoms with Crippen molar-refractivity contribution in [3.63, 3.8) is 0 Å². The van der Waals surface area contributed by atoms with Crippen LogP contribution in [0.25, 0.3) is 0 Å². The first-order valence-corrected chi connectivity index (χ1v) is 9.29. The average Bonchev–Trinajstić information content (AvgIpc) is 3.03. The number of rotatable bonds is 8. The molecule has 0 amide bonds. The van der Waals surface area contributed by atoms with Gasteiger partial charge in [0.15, 0.2) is 5.96 Å². The summed E-state index contributed by atoms with van der Waals surface area (Å²) in [6.45, 7) is 5.97. The van der Waals surface area contributed by atoms with Crippen molar-refractivity contribution in [1.82, 2.24) is 20.6 Å². The quantitative estimate of drug-likeness (QED) is 0.237. The number of aryl methyl sites for hydroxylation is 1. The fraction of sp³-hybridized carbons (Fsp3) is 0.471. The fourth-order valence-electron chi connectivity index (χ4n) is 2.08. The van der Waals surface area contributed by atoms with Crippen molar-refractivity contribution < 1.29 is 17.9 Å². The molecule has 0 unspecified atom stereocenters. The van der Waals surface area contributed by atoms with E-state index in [-0.39, 0.29) is 36.5 Å². The third-order valence-electron chi connectivity index (χ3n) is 3.32. The van der Waals surface area contributed by atoms with Gasteiger partial charge in [0.05, 0.1) is 17.1 Å². The van der Waals surface area contributed by atoms with Crippen molar-refractivity contribution in [2.75, 3.05) is 26.2 Å². The van der Waals surface area contributed by atoms with Crippen LogP contribution in [0.4, 0.5) is 13.2 Å². The molecule has 0 aliphatic carbocycles. The molecule has 0 atom stereocenters. The van der Waals surface area contributed by atoms with E-state index in [4.69, 9.17) is 4.74 Å². The number of ether oxygens (including phenoxy) is 1. The molecule has 2 aromatic heterocycles. The maximum atomic E-state index is 12.5. The van der Waals surface area contributed by atoms with E-state index in [1.807, 2.05) is 20.0 Å². The molecule has 28 heavy (non-hydrogen) atoms. The van der Waals surface area contributed by atoms with Gasteiger partial charge in [-0.15, -0.1) is 35.3 Å².